The van der Waals surface area contributed by atoms with Gasteiger partial charge in [-0.05, 0) is 24.3 Å². The molecule has 2 N–H and O–H groups in total. The first-order valence-corrected chi connectivity index (χ1v) is 7.56. The second-order valence-corrected chi connectivity index (χ2v) is 5.62. The number of amides is 3. The standard InChI is InChI=1S/C17H11N3O7/c21-14(18-10-3-1-2-9(6-10)17(24)25)8-19-15(22)12-5-4-11(20(26)27)7-13(12)16(19)23/h1-7H,8H2,(H,18,21)(H,24,25). The summed E-state index contributed by atoms with van der Waals surface area (Å²) in [6.45, 7) is -0.614. The van der Waals surface area contributed by atoms with Crippen LogP contribution in [0.25, 0.3) is 0 Å². The molecule has 1 aliphatic heterocycles. The normalized spacial score (nSPS) is 12.7. The summed E-state index contributed by atoms with van der Waals surface area (Å²) in [5, 5.41) is 22.2. The van der Waals surface area contributed by atoms with Crippen LogP contribution in [0.4, 0.5) is 11.4 Å². The van der Waals surface area contributed by atoms with Gasteiger partial charge in [-0.3, -0.25) is 29.4 Å². The molecule has 3 rings (SSSR count). The van der Waals surface area contributed by atoms with E-state index in [2.05, 4.69) is 5.32 Å². The van der Waals surface area contributed by atoms with Gasteiger partial charge in [0.1, 0.15) is 6.54 Å². The van der Waals surface area contributed by atoms with Gasteiger partial charge >= 0.3 is 5.97 Å². The van der Waals surface area contributed by atoms with Crippen LogP contribution in [0.15, 0.2) is 42.5 Å². The predicted molar refractivity (Wildman–Crippen MR) is 90.5 cm³/mol. The highest BCUT2D eigenvalue weighted by Gasteiger charge is 2.37. The molecule has 10 heteroatoms. The molecule has 0 atom stereocenters. The zero-order valence-corrected chi connectivity index (χ0v) is 13.5. The van der Waals surface area contributed by atoms with Crippen LogP contribution < -0.4 is 5.32 Å². The third-order valence-electron chi connectivity index (χ3n) is 3.86. The molecule has 3 amide bonds. The summed E-state index contributed by atoms with van der Waals surface area (Å²) in [6, 6.07) is 8.72. The summed E-state index contributed by atoms with van der Waals surface area (Å²) in [4.78, 5) is 58.5. The van der Waals surface area contributed by atoms with Crippen LogP contribution in [0.1, 0.15) is 31.1 Å². The second-order valence-electron chi connectivity index (χ2n) is 5.62. The Morgan fingerprint density at radius 3 is 2.44 bits per heavy atom. The van der Waals surface area contributed by atoms with Crippen molar-refractivity contribution in [3.63, 3.8) is 0 Å². The molecule has 1 aliphatic rings. The molecule has 0 aromatic heterocycles. The zero-order valence-electron chi connectivity index (χ0n) is 13.5. The number of hydrogen-bond donors (Lipinski definition) is 2. The highest BCUT2D eigenvalue weighted by atomic mass is 16.6. The van der Waals surface area contributed by atoms with E-state index in [9.17, 15) is 29.3 Å². The smallest absolute Gasteiger partial charge is 0.335 e. The van der Waals surface area contributed by atoms with Gasteiger partial charge in [-0.15, -0.1) is 0 Å². The highest BCUT2D eigenvalue weighted by Crippen LogP contribution is 2.26. The number of nitrogens with zero attached hydrogens (tertiary/aromatic N) is 2. The Kier molecular flexibility index (Phi) is 4.38. The van der Waals surface area contributed by atoms with Gasteiger partial charge in [0, 0.05) is 17.8 Å². The number of non-ortho nitro benzene ring substituents is 1. The Balaban J connectivity index is 1.76. The summed E-state index contributed by atoms with van der Waals surface area (Å²) < 4.78 is 0. The maximum Gasteiger partial charge on any atom is 0.335 e. The van der Waals surface area contributed by atoms with Crippen LogP contribution in [-0.2, 0) is 4.79 Å². The van der Waals surface area contributed by atoms with Crippen LogP contribution >= 0.6 is 0 Å². The van der Waals surface area contributed by atoms with Crippen LogP contribution in [0.2, 0.25) is 0 Å². The molecule has 2 aromatic carbocycles. The van der Waals surface area contributed by atoms with E-state index in [-0.39, 0.29) is 28.1 Å². The van der Waals surface area contributed by atoms with Crippen molar-refractivity contribution in [2.24, 2.45) is 0 Å². The third-order valence-corrected chi connectivity index (χ3v) is 3.86. The molecular weight excluding hydrogens is 358 g/mol. The molecule has 0 fully saturated rings. The van der Waals surface area contributed by atoms with Crippen molar-refractivity contribution in [2.75, 3.05) is 11.9 Å². The SMILES string of the molecule is O=C(CN1C(=O)c2ccc([N+](=O)[O-])cc2C1=O)Nc1cccc(C(=O)O)c1. The molecule has 27 heavy (non-hydrogen) atoms. The van der Waals surface area contributed by atoms with Crippen molar-refractivity contribution in [3.8, 4) is 0 Å². The van der Waals surface area contributed by atoms with Gasteiger partial charge < -0.3 is 10.4 Å². The number of carbonyl (C=O) groups excluding carboxylic acids is 3. The summed E-state index contributed by atoms with van der Waals surface area (Å²) in [5.41, 5.74) is -0.360. The first-order chi connectivity index (χ1) is 12.8. The number of imide groups is 1. The number of rotatable bonds is 5. The van der Waals surface area contributed by atoms with E-state index in [4.69, 9.17) is 5.11 Å². The van der Waals surface area contributed by atoms with Crippen LogP contribution in [0.3, 0.4) is 0 Å². The molecule has 10 nitrogen and oxygen atoms in total. The van der Waals surface area contributed by atoms with E-state index in [1.165, 1.54) is 30.3 Å². The Morgan fingerprint density at radius 2 is 1.78 bits per heavy atom. The van der Waals surface area contributed by atoms with E-state index in [0.29, 0.717) is 4.90 Å². The summed E-state index contributed by atoms with van der Waals surface area (Å²) in [5.74, 6) is -3.44. The van der Waals surface area contributed by atoms with Gasteiger partial charge in [-0.2, -0.15) is 0 Å². The Hall–Kier alpha value is -4.08. The lowest BCUT2D eigenvalue weighted by atomic mass is 10.1. The third kappa shape index (κ3) is 3.35. The van der Waals surface area contributed by atoms with E-state index < -0.39 is 35.2 Å². The largest absolute Gasteiger partial charge is 0.478 e. The minimum absolute atomic E-state index is 0.0220. The summed E-state index contributed by atoms with van der Waals surface area (Å²) >= 11 is 0. The summed E-state index contributed by atoms with van der Waals surface area (Å²) in [7, 11) is 0. The minimum Gasteiger partial charge on any atom is -0.478 e. The highest BCUT2D eigenvalue weighted by molar-refractivity contribution is 6.23. The monoisotopic (exact) mass is 369 g/mol. The fourth-order valence-corrected chi connectivity index (χ4v) is 2.61. The molecule has 0 spiro atoms. The Bertz CT molecular complexity index is 1020. The number of anilines is 1. The Labute approximate surface area is 151 Å². The maximum absolute atomic E-state index is 12.3. The molecule has 136 valence electrons. The van der Waals surface area contributed by atoms with Crippen molar-refractivity contribution >= 4 is 35.1 Å². The topological polar surface area (TPSA) is 147 Å². The number of aromatic carboxylic acids is 1. The van der Waals surface area contributed by atoms with Crippen molar-refractivity contribution in [2.45, 2.75) is 0 Å². The fourth-order valence-electron chi connectivity index (χ4n) is 2.61. The van der Waals surface area contributed by atoms with Crippen LogP contribution in [0.5, 0.6) is 0 Å². The Morgan fingerprint density at radius 1 is 1.07 bits per heavy atom. The van der Waals surface area contributed by atoms with Crippen molar-refractivity contribution in [3.05, 3.63) is 69.3 Å². The minimum atomic E-state index is -1.17. The number of fused-ring (bicyclic) bond motifs is 1. The lowest BCUT2D eigenvalue weighted by Crippen LogP contribution is -2.37. The van der Waals surface area contributed by atoms with Crippen LogP contribution in [-0.4, -0.2) is 45.2 Å². The van der Waals surface area contributed by atoms with Gasteiger partial charge in [0.25, 0.3) is 17.5 Å². The van der Waals surface area contributed by atoms with E-state index >= 15 is 0 Å². The van der Waals surface area contributed by atoms with Gasteiger partial charge in [0.05, 0.1) is 21.6 Å². The number of benzene rings is 2. The predicted octanol–water partition coefficient (Wildman–Crippen LogP) is 1.53. The first kappa shape index (κ1) is 17.7. The molecule has 0 saturated heterocycles. The maximum atomic E-state index is 12.3. The van der Waals surface area contributed by atoms with Gasteiger partial charge in [0.15, 0.2) is 0 Å². The number of carboxylic acids is 1. The molecule has 0 unspecified atom stereocenters. The number of carboxylic acid groups (broad SMARTS) is 1. The summed E-state index contributed by atoms with van der Waals surface area (Å²) in [6.07, 6.45) is 0. The van der Waals surface area contributed by atoms with Crippen LogP contribution in [0, 0.1) is 10.1 Å². The van der Waals surface area contributed by atoms with Gasteiger partial charge in [-0.1, -0.05) is 6.07 Å². The second kappa shape index (κ2) is 6.67. The lowest BCUT2D eigenvalue weighted by Gasteiger charge is -2.13. The van der Waals surface area contributed by atoms with Crippen molar-refractivity contribution in [1.82, 2.24) is 4.90 Å². The number of nitro benzene ring substituents is 1. The molecule has 0 bridgehead atoms. The first-order valence-electron chi connectivity index (χ1n) is 7.56. The number of nitro groups is 1. The number of nitrogens with one attached hydrogen (secondary N) is 1. The van der Waals surface area contributed by atoms with E-state index in [1.54, 1.807) is 0 Å². The molecule has 1 heterocycles. The van der Waals surface area contributed by atoms with Gasteiger partial charge in [-0.25, -0.2) is 4.79 Å². The molecule has 0 aliphatic carbocycles. The quantitative estimate of drug-likeness (QED) is 0.461. The molecule has 0 radical (unpaired) electrons. The zero-order chi connectivity index (χ0) is 19.7. The average molecular weight is 369 g/mol. The van der Waals surface area contributed by atoms with Gasteiger partial charge in [0.2, 0.25) is 5.91 Å². The van der Waals surface area contributed by atoms with E-state index in [0.717, 1.165) is 12.1 Å². The fraction of sp³-hybridized carbons (Fsp3) is 0.0588. The number of hydrogen-bond acceptors (Lipinski definition) is 6. The van der Waals surface area contributed by atoms with Crippen molar-refractivity contribution < 1.29 is 29.2 Å². The number of carbonyl (C=O) groups is 4. The average Bonchev–Trinajstić information content (AvgIpc) is 2.86. The lowest BCUT2D eigenvalue weighted by molar-refractivity contribution is -0.384. The van der Waals surface area contributed by atoms with Crippen molar-refractivity contribution in [1.29, 1.82) is 0 Å². The molecule has 0 saturated carbocycles. The van der Waals surface area contributed by atoms with E-state index in [1.807, 2.05) is 0 Å². The molecular formula is C17H11N3O7. The molecule has 2 aromatic rings.